The number of anilines is 1. The van der Waals surface area contributed by atoms with E-state index >= 15 is 0 Å². The van der Waals surface area contributed by atoms with Crippen molar-refractivity contribution in [1.29, 1.82) is 0 Å². The molecule has 0 spiro atoms. The number of guanidine groups is 1. The minimum atomic E-state index is -4.18. The molecule has 1 saturated heterocycles. The fraction of sp³-hybridized carbons (Fsp3) is 0.619. The van der Waals surface area contributed by atoms with Gasteiger partial charge in [-0.15, -0.1) is 24.0 Å². The Labute approximate surface area is 199 Å². The van der Waals surface area contributed by atoms with E-state index in [4.69, 9.17) is 0 Å². The van der Waals surface area contributed by atoms with Crippen LogP contribution in [0.3, 0.4) is 0 Å². The number of halogens is 4. The summed E-state index contributed by atoms with van der Waals surface area (Å²) in [6, 6.07) is 7.43. The lowest BCUT2D eigenvalue weighted by Crippen LogP contribution is -2.45. The van der Waals surface area contributed by atoms with Crippen LogP contribution in [0.25, 0.3) is 0 Å². The molecule has 176 valence electrons. The van der Waals surface area contributed by atoms with E-state index in [0.717, 1.165) is 17.7 Å². The molecule has 1 amide bonds. The molecule has 31 heavy (non-hydrogen) atoms. The maximum absolute atomic E-state index is 12.6. The Morgan fingerprint density at radius 2 is 2.06 bits per heavy atom. The van der Waals surface area contributed by atoms with E-state index in [0.29, 0.717) is 38.6 Å². The predicted molar refractivity (Wildman–Crippen MR) is 129 cm³/mol. The number of nitrogens with one attached hydrogen (secondary N) is 3. The van der Waals surface area contributed by atoms with Gasteiger partial charge in [0.2, 0.25) is 5.91 Å². The van der Waals surface area contributed by atoms with Crippen LogP contribution in [0.5, 0.6) is 0 Å². The summed E-state index contributed by atoms with van der Waals surface area (Å²) >= 11 is 0. The first kappa shape index (κ1) is 27.5. The molecule has 2 rings (SSSR count). The molecule has 1 aromatic rings. The maximum Gasteiger partial charge on any atom is 0.401 e. The Morgan fingerprint density at radius 1 is 1.32 bits per heavy atom. The summed E-state index contributed by atoms with van der Waals surface area (Å²) in [4.78, 5) is 18.0. The lowest BCUT2D eigenvalue weighted by atomic mass is 10.1. The lowest BCUT2D eigenvalue weighted by Gasteiger charge is -2.19. The van der Waals surface area contributed by atoms with Crippen LogP contribution in [-0.2, 0) is 11.3 Å². The molecule has 1 heterocycles. The summed E-state index contributed by atoms with van der Waals surface area (Å²) in [7, 11) is 0. The third kappa shape index (κ3) is 10.1. The zero-order valence-electron chi connectivity index (χ0n) is 18.3. The van der Waals surface area contributed by atoms with Crippen LogP contribution >= 0.6 is 24.0 Å². The number of nitrogens with zero attached hydrogens (tertiary/aromatic N) is 2. The van der Waals surface area contributed by atoms with Gasteiger partial charge < -0.3 is 16.0 Å². The number of amides is 1. The fourth-order valence-electron chi connectivity index (χ4n) is 3.23. The Balaban J connectivity index is 0.00000480. The molecule has 2 atom stereocenters. The van der Waals surface area contributed by atoms with Crippen molar-refractivity contribution in [2.75, 3.05) is 31.5 Å². The van der Waals surface area contributed by atoms with Gasteiger partial charge in [0, 0.05) is 37.3 Å². The first-order chi connectivity index (χ1) is 14.2. The van der Waals surface area contributed by atoms with E-state index in [1.165, 1.54) is 4.90 Å². The molecule has 0 saturated carbocycles. The van der Waals surface area contributed by atoms with Gasteiger partial charge in [0.25, 0.3) is 0 Å². The van der Waals surface area contributed by atoms with Gasteiger partial charge in [-0.05, 0) is 37.5 Å². The first-order valence-electron chi connectivity index (χ1n) is 10.4. The smallest absolute Gasteiger partial charge is 0.357 e. The predicted octanol–water partition coefficient (Wildman–Crippen LogP) is 3.98. The SMILES string of the molecule is CCNC(=NCc1cccc(NC(=O)C(C)CC)c1)NC1CCN(CC(F)(F)F)C1.I. The van der Waals surface area contributed by atoms with Gasteiger partial charge in [0.15, 0.2) is 5.96 Å². The van der Waals surface area contributed by atoms with Crippen LogP contribution in [0, 0.1) is 5.92 Å². The van der Waals surface area contributed by atoms with E-state index in [1.54, 1.807) is 0 Å². The molecule has 1 fully saturated rings. The Kier molecular flexibility index (Phi) is 11.6. The van der Waals surface area contributed by atoms with Gasteiger partial charge in [-0.2, -0.15) is 13.2 Å². The molecule has 6 nitrogen and oxygen atoms in total. The number of likely N-dealkylation sites (tertiary alicyclic amines) is 1. The van der Waals surface area contributed by atoms with E-state index in [-0.39, 0.29) is 41.8 Å². The highest BCUT2D eigenvalue weighted by atomic mass is 127. The van der Waals surface area contributed by atoms with E-state index < -0.39 is 12.7 Å². The number of hydrogen-bond donors (Lipinski definition) is 3. The molecule has 0 radical (unpaired) electrons. The largest absolute Gasteiger partial charge is 0.401 e. The van der Waals surface area contributed by atoms with E-state index in [1.807, 2.05) is 45.0 Å². The standard InChI is InChI=1S/C21H32F3N5O.HI/c1-4-15(3)19(30)27-17-8-6-7-16(11-17)12-26-20(25-5-2)28-18-9-10-29(13-18)14-21(22,23)24;/h6-8,11,15,18H,4-5,9-10,12-14H2,1-3H3,(H,27,30)(H2,25,26,28);1H. The van der Waals surface area contributed by atoms with Crippen molar-refractivity contribution in [3.63, 3.8) is 0 Å². The molecule has 0 bridgehead atoms. The highest BCUT2D eigenvalue weighted by molar-refractivity contribution is 14.0. The van der Waals surface area contributed by atoms with Crippen LogP contribution in [0.1, 0.15) is 39.2 Å². The molecule has 0 aromatic heterocycles. The summed E-state index contributed by atoms with van der Waals surface area (Å²) in [5.74, 6) is 0.503. The van der Waals surface area contributed by atoms with Crippen LogP contribution in [0.15, 0.2) is 29.3 Å². The molecular formula is C21H33F3IN5O. The maximum atomic E-state index is 12.6. The zero-order chi connectivity index (χ0) is 22.1. The molecule has 2 unspecified atom stereocenters. The first-order valence-corrected chi connectivity index (χ1v) is 10.4. The summed E-state index contributed by atoms with van der Waals surface area (Å²) in [6.45, 7) is 6.70. The Morgan fingerprint density at radius 3 is 2.71 bits per heavy atom. The second kappa shape index (κ2) is 13.1. The quantitative estimate of drug-likeness (QED) is 0.258. The van der Waals surface area contributed by atoms with Crippen molar-refractivity contribution in [2.45, 2.75) is 52.4 Å². The van der Waals surface area contributed by atoms with Crippen molar-refractivity contribution in [2.24, 2.45) is 10.9 Å². The third-order valence-electron chi connectivity index (χ3n) is 5.03. The minimum absolute atomic E-state index is 0. The van der Waals surface area contributed by atoms with E-state index in [9.17, 15) is 18.0 Å². The fourth-order valence-corrected chi connectivity index (χ4v) is 3.23. The Bertz CT molecular complexity index is 729. The topological polar surface area (TPSA) is 68.8 Å². The average Bonchev–Trinajstić information content (AvgIpc) is 3.10. The molecule has 1 aliphatic rings. The number of hydrogen-bond acceptors (Lipinski definition) is 3. The monoisotopic (exact) mass is 555 g/mol. The molecular weight excluding hydrogens is 522 g/mol. The summed E-state index contributed by atoms with van der Waals surface area (Å²) in [5, 5.41) is 9.28. The number of alkyl halides is 3. The number of benzene rings is 1. The van der Waals surface area contributed by atoms with Crippen LogP contribution in [0.2, 0.25) is 0 Å². The third-order valence-corrected chi connectivity index (χ3v) is 5.03. The van der Waals surface area contributed by atoms with Gasteiger partial charge in [-0.1, -0.05) is 26.0 Å². The number of carbonyl (C=O) groups excluding carboxylic acids is 1. The highest BCUT2D eigenvalue weighted by Gasteiger charge is 2.34. The highest BCUT2D eigenvalue weighted by Crippen LogP contribution is 2.20. The van der Waals surface area contributed by atoms with Gasteiger partial charge in [-0.25, -0.2) is 4.99 Å². The van der Waals surface area contributed by atoms with Crippen LogP contribution in [-0.4, -0.2) is 55.2 Å². The van der Waals surface area contributed by atoms with Gasteiger partial charge in [0.1, 0.15) is 0 Å². The van der Waals surface area contributed by atoms with Crippen molar-refractivity contribution in [3.8, 4) is 0 Å². The molecule has 1 aliphatic heterocycles. The Hall–Kier alpha value is -1.56. The molecule has 0 aliphatic carbocycles. The minimum Gasteiger partial charge on any atom is -0.357 e. The number of aliphatic imine (C=N–C) groups is 1. The average molecular weight is 555 g/mol. The van der Waals surface area contributed by atoms with E-state index in [2.05, 4.69) is 20.9 Å². The second-order valence-electron chi connectivity index (χ2n) is 7.67. The van der Waals surface area contributed by atoms with Crippen LogP contribution in [0.4, 0.5) is 18.9 Å². The van der Waals surface area contributed by atoms with Crippen molar-refractivity contribution >= 4 is 41.5 Å². The van der Waals surface area contributed by atoms with Gasteiger partial charge in [-0.3, -0.25) is 9.69 Å². The van der Waals surface area contributed by atoms with Crippen LogP contribution < -0.4 is 16.0 Å². The molecule has 1 aromatic carbocycles. The number of rotatable bonds is 8. The summed E-state index contributed by atoms with van der Waals surface area (Å²) < 4.78 is 37.7. The molecule has 10 heteroatoms. The normalized spacial score (nSPS) is 18.3. The van der Waals surface area contributed by atoms with Gasteiger partial charge in [0.05, 0.1) is 13.1 Å². The van der Waals surface area contributed by atoms with Crippen molar-refractivity contribution in [3.05, 3.63) is 29.8 Å². The lowest BCUT2D eigenvalue weighted by molar-refractivity contribution is -0.143. The summed E-state index contributed by atoms with van der Waals surface area (Å²) in [5.41, 5.74) is 1.66. The van der Waals surface area contributed by atoms with Crippen molar-refractivity contribution < 1.29 is 18.0 Å². The second-order valence-corrected chi connectivity index (χ2v) is 7.67. The zero-order valence-corrected chi connectivity index (χ0v) is 20.6. The van der Waals surface area contributed by atoms with Gasteiger partial charge >= 0.3 is 6.18 Å². The number of carbonyl (C=O) groups is 1. The van der Waals surface area contributed by atoms with Crippen molar-refractivity contribution in [1.82, 2.24) is 15.5 Å². The summed E-state index contributed by atoms with van der Waals surface area (Å²) in [6.07, 6.45) is -2.77. The molecule has 3 N–H and O–H groups in total.